The van der Waals surface area contributed by atoms with Crippen LogP contribution in [0.15, 0.2) is 58.5 Å². The number of hydrogen-bond acceptors (Lipinski definition) is 5. The van der Waals surface area contributed by atoms with Gasteiger partial charge in [0.1, 0.15) is 11.5 Å². The van der Waals surface area contributed by atoms with Crippen molar-refractivity contribution in [2.75, 3.05) is 44.7 Å². The Labute approximate surface area is 171 Å². The fourth-order valence-corrected chi connectivity index (χ4v) is 3.52. The van der Waals surface area contributed by atoms with Crippen molar-refractivity contribution in [1.82, 2.24) is 4.90 Å². The first-order chi connectivity index (χ1) is 14.2. The van der Waals surface area contributed by atoms with Gasteiger partial charge in [-0.15, -0.1) is 0 Å². The minimum Gasteiger partial charge on any atom is -0.457 e. The summed E-state index contributed by atoms with van der Waals surface area (Å²) in [5.74, 6) is 1.50. The summed E-state index contributed by atoms with van der Waals surface area (Å²) in [6, 6.07) is 18.7. The van der Waals surface area contributed by atoms with Gasteiger partial charge in [-0.3, -0.25) is 4.90 Å². The van der Waals surface area contributed by atoms with Crippen molar-refractivity contribution in [3.63, 3.8) is 0 Å². The zero-order valence-corrected chi connectivity index (χ0v) is 16.6. The lowest BCUT2D eigenvalue weighted by Gasteiger charge is -2.26. The molecule has 0 aliphatic carbocycles. The zero-order valence-electron chi connectivity index (χ0n) is 16.6. The van der Waals surface area contributed by atoms with E-state index in [2.05, 4.69) is 52.7 Å². The average Bonchev–Trinajstić information content (AvgIpc) is 3.22. The maximum Gasteiger partial charge on any atom is 0.134 e. The van der Waals surface area contributed by atoms with Gasteiger partial charge >= 0.3 is 0 Å². The molecular formula is C24H25N3O2. The van der Waals surface area contributed by atoms with E-state index in [1.165, 1.54) is 10.8 Å². The standard InChI is InChI=1S/C24H25N3O2/c1-18(17-25)14-23-6-7-24(29-23)21-3-2-20-16-22(5-4-19(20)15-21)26-8-9-27-10-12-28-13-11-27/h2-7,14-16,26H,8-13H2,1H3/b18-14-. The summed E-state index contributed by atoms with van der Waals surface area (Å²) in [4.78, 5) is 2.43. The van der Waals surface area contributed by atoms with Gasteiger partial charge < -0.3 is 14.5 Å². The second-order valence-corrected chi connectivity index (χ2v) is 7.30. The van der Waals surface area contributed by atoms with Gasteiger partial charge in [-0.1, -0.05) is 18.2 Å². The van der Waals surface area contributed by atoms with Crippen LogP contribution in [0.25, 0.3) is 28.2 Å². The summed E-state index contributed by atoms with van der Waals surface area (Å²) in [5.41, 5.74) is 2.79. The summed E-state index contributed by atoms with van der Waals surface area (Å²) in [7, 11) is 0. The molecule has 0 bridgehead atoms. The van der Waals surface area contributed by atoms with E-state index in [1.807, 2.05) is 12.1 Å². The van der Waals surface area contributed by atoms with Crippen molar-refractivity contribution >= 4 is 22.5 Å². The minimum absolute atomic E-state index is 0.623. The van der Waals surface area contributed by atoms with E-state index in [9.17, 15) is 0 Å². The molecule has 1 aromatic heterocycles. The smallest absolute Gasteiger partial charge is 0.134 e. The number of ether oxygens (including phenoxy) is 1. The highest BCUT2D eigenvalue weighted by atomic mass is 16.5. The Hall–Kier alpha value is -3.07. The molecule has 4 rings (SSSR count). The fraction of sp³-hybridized carbons (Fsp3) is 0.292. The topological polar surface area (TPSA) is 61.4 Å². The lowest BCUT2D eigenvalue weighted by Crippen LogP contribution is -2.38. The van der Waals surface area contributed by atoms with Crippen molar-refractivity contribution in [2.45, 2.75) is 6.92 Å². The Kier molecular flexibility index (Phi) is 5.95. The molecule has 1 aliphatic heterocycles. The van der Waals surface area contributed by atoms with Gasteiger partial charge in [0.2, 0.25) is 0 Å². The number of nitrogens with zero attached hydrogens (tertiary/aromatic N) is 2. The zero-order chi connectivity index (χ0) is 20.1. The van der Waals surface area contributed by atoms with Gasteiger partial charge in [0.25, 0.3) is 0 Å². The number of allylic oxidation sites excluding steroid dienone is 1. The first kappa shape index (κ1) is 19.3. The molecule has 1 aliphatic rings. The van der Waals surface area contributed by atoms with Crippen LogP contribution in [0.1, 0.15) is 12.7 Å². The molecule has 0 saturated carbocycles. The minimum atomic E-state index is 0.623. The number of morpholine rings is 1. The molecule has 2 heterocycles. The molecule has 0 atom stereocenters. The molecule has 1 fully saturated rings. The second-order valence-electron chi connectivity index (χ2n) is 7.30. The van der Waals surface area contributed by atoms with Crippen LogP contribution < -0.4 is 5.32 Å². The number of hydrogen-bond donors (Lipinski definition) is 1. The molecule has 0 amide bonds. The summed E-state index contributed by atoms with van der Waals surface area (Å²) in [6.45, 7) is 7.43. The molecule has 148 valence electrons. The SMILES string of the molecule is C/C(C#N)=C/c1ccc(-c2ccc3cc(NCCN4CCOCC4)ccc3c2)o1. The number of fused-ring (bicyclic) bond motifs is 1. The first-order valence-corrected chi connectivity index (χ1v) is 9.98. The molecule has 29 heavy (non-hydrogen) atoms. The van der Waals surface area contributed by atoms with E-state index in [0.717, 1.165) is 56.4 Å². The van der Waals surface area contributed by atoms with Crippen LogP contribution in [-0.2, 0) is 4.74 Å². The van der Waals surface area contributed by atoms with Crippen molar-refractivity contribution < 1.29 is 9.15 Å². The number of nitriles is 1. The monoisotopic (exact) mass is 387 g/mol. The van der Waals surface area contributed by atoms with E-state index < -0.39 is 0 Å². The van der Waals surface area contributed by atoms with Crippen molar-refractivity contribution in [2.24, 2.45) is 0 Å². The third-order valence-corrected chi connectivity index (χ3v) is 5.15. The van der Waals surface area contributed by atoms with Gasteiger partial charge in [0, 0.05) is 43.0 Å². The molecule has 5 nitrogen and oxygen atoms in total. The van der Waals surface area contributed by atoms with Gasteiger partial charge in [0.05, 0.1) is 19.3 Å². The van der Waals surface area contributed by atoms with Gasteiger partial charge in [-0.25, -0.2) is 0 Å². The maximum atomic E-state index is 8.91. The Morgan fingerprint density at radius 3 is 2.72 bits per heavy atom. The summed E-state index contributed by atoms with van der Waals surface area (Å²) in [5, 5.41) is 14.8. The highest BCUT2D eigenvalue weighted by molar-refractivity contribution is 5.89. The quantitative estimate of drug-likeness (QED) is 0.617. The van der Waals surface area contributed by atoms with Gasteiger partial charge in [0.15, 0.2) is 0 Å². The molecule has 0 spiro atoms. The van der Waals surface area contributed by atoms with Crippen LogP contribution >= 0.6 is 0 Å². The molecular weight excluding hydrogens is 362 g/mol. The van der Waals surface area contributed by atoms with Crippen LogP contribution in [0.3, 0.4) is 0 Å². The molecule has 1 saturated heterocycles. The molecule has 0 radical (unpaired) electrons. The Balaban J connectivity index is 1.43. The van der Waals surface area contributed by atoms with E-state index in [0.29, 0.717) is 11.3 Å². The molecule has 1 N–H and O–H groups in total. The van der Waals surface area contributed by atoms with Crippen molar-refractivity contribution in [3.8, 4) is 17.4 Å². The number of benzene rings is 2. The fourth-order valence-electron chi connectivity index (χ4n) is 3.52. The maximum absolute atomic E-state index is 8.91. The molecule has 5 heteroatoms. The Morgan fingerprint density at radius 2 is 1.90 bits per heavy atom. The summed E-state index contributed by atoms with van der Waals surface area (Å²) >= 11 is 0. The Bertz CT molecular complexity index is 1060. The average molecular weight is 387 g/mol. The third kappa shape index (κ3) is 4.86. The van der Waals surface area contributed by atoms with Gasteiger partial charge in [-0.2, -0.15) is 5.26 Å². The van der Waals surface area contributed by atoms with E-state index in [4.69, 9.17) is 14.4 Å². The largest absolute Gasteiger partial charge is 0.457 e. The van der Waals surface area contributed by atoms with Crippen LogP contribution in [0.4, 0.5) is 5.69 Å². The second kappa shape index (κ2) is 8.95. The normalized spacial score (nSPS) is 15.4. The third-order valence-electron chi connectivity index (χ3n) is 5.15. The summed E-state index contributed by atoms with van der Waals surface area (Å²) in [6.07, 6.45) is 1.75. The highest BCUT2D eigenvalue weighted by Gasteiger charge is 2.09. The van der Waals surface area contributed by atoms with Crippen molar-refractivity contribution in [3.05, 3.63) is 59.9 Å². The van der Waals surface area contributed by atoms with Crippen LogP contribution in [-0.4, -0.2) is 44.3 Å². The van der Waals surface area contributed by atoms with E-state index in [1.54, 1.807) is 13.0 Å². The number of rotatable bonds is 6. The first-order valence-electron chi connectivity index (χ1n) is 9.98. The van der Waals surface area contributed by atoms with Crippen LogP contribution in [0.2, 0.25) is 0 Å². The highest BCUT2D eigenvalue weighted by Crippen LogP contribution is 2.28. The number of furan rings is 1. The predicted molar refractivity (Wildman–Crippen MR) is 117 cm³/mol. The Morgan fingerprint density at radius 1 is 1.10 bits per heavy atom. The predicted octanol–water partition coefficient (Wildman–Crippen LogP) is 4.77. The molecule has 0 unspecified atom stereocenters. The van der Waals surface area contributed by atoms with Gasteiger partial charge in [-0.05, 0) is 54.1 Å². The van der Waals surface area contributed by atoms with Crippen LogP contribution in [0, 0.1) is 11.3 Å². The lowest BCUT2D eigenvalue weighted by molar-refractivity contribution is 0.0398. The summed E-state index contributed by atoms with van der Waals surface area (Å²) < 4.78 is 11.3. The number of anilines is 1. The molecule has 3 aromatic rings. The van der Waals surface area contributed by atoms with Crippen LogP contribution in [0.5, 0.6) is 0 Å². The lowest BCUT2D eigenvalue weighted by atomic mass is 10.0. The molecule has 2 aromatic carbocycles. The van der Waals surface area contributed by atoms with E-state index in [-0.39, 0.29) is 0 Å². The number of nitrogens with one attached hydrogen (secondary N) is 1. The van der Waals surface area contributed by atoms with E-state index >= 15 is 0 Å². The van der Waals surface area contributed by atoms with Crippen molar-refractivity contribution in [1.29, 1.82) is 5.26 Å².